The van der Waals surface area contributed by atoms with Crippen LogP contribution in [0.2, 0.25) is 0 Å². The van der Waals surface area contributed by atoms with Crippen molar-refractivity contribution in [1.29, 1.82) is 0 Å². The number of carbonyl (C=O) groups excluding carboxylic acids is 1. The summed E-state index contributed by atoms with van der Waals surface area (Å²) in [5.41, 5.74) is -5.66. The van der Waals surface area contributed by atoms with Crippen molar-refractivity contribution in [2.45, 2.75) is 0 Å². The molecular weight excluding hydrogens is 304 g/mol. The van der Waals surface area contributed by atoms with Gasteiger partial charge in [-0.05, 0) is 6.07 Å². The molecule has 1 aromatic rings. The molecule has 0 unspecified atom stereocenters. The number of carboxylic acids is 4. The summed E-state index contributed by atoms with van der Waals surface area (Å²) in [6.07, 6.45) is 0. The van der Waals surface area contributed by atoms with Crippen molar-refractivity contribution in [3.63, 3.8) is 0 Å². The highest BCUT2D eigenvalue weighted by Gasteiger charge is 2.34. The highest BCUT2D eigenvalue weighted by Crippen LogP contribution is 2.25. The molecule has 116 valence electrons. The van der Waals surface area contributed by atoms with Crippen LogP contribution >= 0.6 is 0 Å². The first-order valence-corrected chi connectivity index (χ1v) is 5.35. The molecular formula is C12H8O10. The summed E-state index contributed by atoms with van der Waals surface area (Å²) in [6, 6.07) is 0.452. The van der Waals surface area contributed by atoms with Crippen LogP contribution in [0, 0.1) is 0 Å². The molecule has 0 spiro atoms. The summed E-state index contributed by atoms with van der Waals surface area (Å²) < 4.78 is 4.26. The third-order valence-electron chi connectivity index (χ3n) is 2.60. The van der Waals surface area contributed by atoms with Gasteiger partial charge in [0.1, 0.15) is 0 Å². The number of rotatable bonds is 5. The highest BCUT2D eigenvalue weighted by molar-refractivity contribution is 6.17. The first-order valence-electron chi connectivity index (χ1n) is 5.35. The summed E-state index contributed by atoms with van der Waals surface area (Å²) in [7, 11) is 0.861. The largest absolute Gasteiger partial charge is 0.478 e. The van der Waals surface area contributed by atoms with Crippen LogP contribution in [0.3, 0.4) is 0 Å². The predicted molar refractivity (Wildman–Crippen MR) is 65.6 cm³/mol. The molecule has 10 nitrogen and oxygen atoms in total. The van der Waals surface area contributed by atoms with E-state index in [1.54, 1.807) is 0 Å². The molecule has 1 aromatic carbocycles. The molecule has 0 saturated carbocycles. The molecule has 0 radical (unpaired) electrons. The second kappa shape index (κ2) is 5.91. The van der Waals surface area contributed by atoms with Crippen molar-refractivity contribution in [1.82, 2.24) is 0 Å². The maximum atomic E-state index is 11.6. The van der Waals surface area contributed by atoms with Crippen molar-refractivity contribution in [2.75, 3.05) is 7.11 Å². The monoisotopic (exact) mass is 312 g/mol. The Kier molecular flexibility index (Phi) is 4.47. The fourth-order valence-electron chi connectivity index (χ4n) is 1.78. The molecule has 10 heteroatoms. The Morgan fingerprint density at radius 3 is 1.45 bits per heavy atom. The van der Waals surface area contributed by atoms with Crippen LogP contribution in [0.4, 0.5) is 0 Å². The van der Waals surface area contributed by atoms with E-state index in [0.29, 0.717) is 6.07 Å². The number of ether oxygens (including phenoxy) is 1. The average molecular weight is 312 g/mol. The molecule has 0 aromatic heterocycles. The predicted octanol–water partition coefficient (Wildman–Crippen LogP) is 0.266. The molecule has 0 fully saturated rings. The number of carbonyl (C=O) groups is 5. The Morgan fingerprint density at radius 1 is 0.727 bits per heavy atom. The number of hydrogen-bond donors (Lipinski definition) is 4. The zero-order valence-electron chi connectivity index (χ0n) is 10.8. The fourth-order valence-corrected chi connectivity index (χ4v) is 1.78. The fraction of sp³-hybridized carbons (Fsp3) is 0.0833. The van der Waals surface area contributed by atoms with Crippen LogP contribution < -0.4 is 0 Å². The van der Waals surface area contributed by atoms with E-state index in [1.807, 2.05) is 0 Å². The van der Waals surface area contributed by atoms with Crippen LogP contribution in [-0.4, -0.2) is 57.4 Å². The van der Waals surface area contributed by atoms with Gasteiger partial charge >= 0.3 is 29.8 Å². The maximum absolute atomic E-state index is 11.6. The molecule has 0 aliphatic carbocycles. The second-order valence-electron chi connectivity index (χ2n) is 3.81. The van der Waals surface area contributed by atoms with E-state index in [0.717, 1.165) is 7.11 Å². The lowest BCUT2D eigenvalue weighted by Crippen LogP contribution is -2.23. The normalized spacial score (nSPS) is 9.86. The van der Waals surface area contributed by atoms with Crippen molar-refractivity contribution >= 4 is 29.8 Å². The molecule has 0 aliphatic rings. The Hall–Kier alpha value is -3.43. The Bertz CT molecular complexity index is 715. The van der Waals surface area contributed by atoms with E-state index in [9.17, 15) is 24.0 Å². The summed E-state index contributed by atoms with van der Waals surface area (Å²) in [4.78, 5) is 56.2. The first kappa shape index (κ1) is 16.6. The summed E-state index contributed by atoms with van der Waals surface area (Å²) in [5, 5.41) is 36.1. The maximum Gasteiger partial charge on any atom is 0.338 e. The highest BCUT2D eigenvalue weighted by atomic mass is 16.5. The number of esters is 1. The lowest BCUT2D eigenvalue weighted by atomic mass is 9.91. The summed E-state index contributed by atoms with van der Waals surface area (Å²) in [6.45, 7) is 0. The topological polar surface area (TPSA) is 176 Å². The molecule has 0 bridgehead atoms. The number of hydrogen-bond acceptors (Lipinski definition) is 6. The summed E-state index contributed by atoms with van der Waals surface area (Å²) >= 11 is 0. The van der Waals surface area contributed by atoms with Gasteiger partial charge in [0.2, 0.25) is 0 Å². The minimum atomic E-state index is -2.01. The zero-order valence-corrected chi connectivity index (χ0v) is 10.8. The Balaban J connectivity index is 4.11. The second-order valence-corrected chi connectivity index (χ2v) is 3.81. The van der Waals surface area contributed by atoms with E-state index in [-0.39, 0.29) is 0 Å². The van der Waals surface area contributed by atoms with Gasteiger partial charge in [0.15, 0.2) is 0 Å². The van der Waals surface area contributed by atoms with Gasteiger partial charge in [0.05, 0.1) is 34.9 Å². The third-order valence-corrected chi connectivity index (χ3v) is 2.60. The SMILES string of the molecule is COC(=O)c1cc(C(=O)O)c(C(=O)O)c(C(=O)O)c1C(=O)O. The minimum Gasteiger partial charge on any atom is -0.478 e. The molecule has 4 N–H and O–H groups in total. The van der Waals surface area contributed by atoms with Gasteiger partial charge in [0.25, 0.3) is 0 Å². The molecule has 0 heterocycles. The van der Waals surface area contributed by atoms with Gasteiger partial charge in [-0.15, -0.1) is 0 Å². The number of carboxylic acid groups (broad SMARTS) is 4. The lowest BCUT2D eigenvalue weighted by Gasteiger charge is -2.13. The van der Waals surface area contributed by atoms with Crippen molar-refractivity contribution in [3.8, 4) is 0 Å². The van der Waals surface area contributed by atoms with E-state index >= 15 is 0 Å². The third kappa shape index (κ3) is 2.70. The van der Waals surface area contributed by atoms with Gasteiger partial charge in [-0.25, -0.2) is 24.0 Å². The van der Waals surface area contributed by atoms with E-state index in [2.05, 4.69) is 4.74 Å². The number of benzene rings is 1. The van der Waals surface area contributed by atoms with Crippen LogP contribution in [0.25, 0.3) is 0 Å². The lowest BCUT2D eigenvalue weighted by molar-refractivity contribution is 0.0574. The minimum absolute atomic E-state index is 0.452. The van der Waals surface area contributed by atoms with Crippen LogP contribution in [0.5, 0.6) is 0 Å². The van der Waals surface area contributed by atoms with Crippen molar-refractivity contribution in [3.05, 3.63) is 33.9 Å². The standard InChI is InChI=1S/C12H8O10/c1-22-12(21)4-2-3(8(13)14)5(9(15)16)7(11(19)20)6(4)10(17)18/h2H,1H3,(H,13,14)(H,15,16)(H,17,18)(H,19,20). The Labute approximate surface area is 121 Å². The van der Waals surface area contributed by atoms with E-state index < -0.39 is 57.7 Å². The molecule has 0 saturated heterocycles. The van der Waals surface area contributed by atoms with E-state index in [4.69, 9.17) is 20.4 Å². The number of methoxy groups -OCH3 is 1. The van der Waals surface area contributed by atoms with Crippen LogP contribution in [0.15, 0.2) is 6.07 Å². The smallest absolute Gasteiger partial charge is 0.338 e. The molecule has 0 atom stereocenters. The number of aromatic carboxylic acids is 4. The summed E-state index contributed by atoms with van der Waals surface area (Å²) in [5.74, 6) is -9.06. The molecule has 22 heavy (non-hydrogen) atoms. The average Bonchev–Trinajstić information content (AvgIpc) is 2.43. The van der Waals surface area contributed by atoms with Gasteiger partial charge in [0, 0.05) is 0 Å². The quantitative estimate of drug-likeness (QED) is 0.552. The van der Waals surface area contributed by atoms with Gasteiger partial charge < -0.3 is 25.2 Å². The first-order chi connectivity index (χ1) is 10.1. The Morgan fingerprint density at radius 2 is 1.14 bits per heavy atom. The zero-order chi connectivity index (χ0) is 17.2. The molecule has 0 amide bonds. The molecule has 0 aliphatic heterocycles. The van der Waals surface area contributed by atoms with E-state index in [1.165, 1.54) is 0 Å². The van der Waals surface area contributed by atoms with Crippen LogP contribution in [-0.2, 0) is 4.74 Å². The van der Waals surface area contributed by atoms with Gasteiger partial charge in [-0.3, -0.25) is 0 Å². The van der Waals surface area contributed by atoms with Crippen LogP contribution in [0.1, 0.15) is 51.8 Å². The van der Waals surface area contributed by atoms with Gasteiger partial charge in [-0.1, -0.05) is 0 Å². The van der Waals surface area contributed by atoms with Crippen molar-refractivity contribution in [2.24, 2.45) is 0 Å². The van der Waals surface area contributed by atoms with Gasteiger partial charge in [-0.2, -0.15) is 0 Å². The molecule has 1 rings (SSSR count). The van der Waals surface area contributed by atoms with Crippen molar-refractivity contribution < 1.29 is 49.1 Å².